The fourth-order valence-electron chi connectivity index (χ4n) is 1.93. The summed E-state index contributed by atoms with van der Waals surface area (Å²) in [5.74, 6) is 1.28. The average Bonchev–Trinajstić information content (AvgIpc) is 2.34. The van der Waals surface area contributed by atoms with E-state index in [1.807, 2.05) is 32.0 Å². The highest BCUT2D eigenvalue weighted by molar-refractivity contribution is 6.18. The quantitative estimate of drug-likeness (QED) is 0.547. The Balaban J connectivity index is 3.15. The Hall–Kier alpha value is -1.02. The summed E-state index contributed by atoms with van der Waals surface area (Å²) in [6, 6.07) is 5.92. The first kappa shape index (κ1) is 17.0. The number of alkyl halides is 1. The molecule has 20 heavy (non-hydrogen) atoms. The van der Waals surface area contributed by atoms with E-state index in [2.05, 4.69) is 20.8 Å². The van der Waals surface area contributed by atoms with Gasteiger partial charge in [0.2, 0.25) is 0 Å². The largest absolute Gasteiger partial charge is 0.490 e. The van der Waals surface area contributed by atoms with Crippen molar-refractivity contribution in [2.24, 2.45) is 0 Å². The number of ether oxygens (including phenoxy) is 1. The van der Waals surface area contributed by atoms with E-state index in [0.717, 1.165) is 5.56 Å². The van der Waals surface area contributed by atoms with Crippen molar-refractivity contribution in [3.63, 3.8) is 0 Å². The van der Waals surface area contributed by atoms with Gasteiger partial charge in [-0.05, 0) is 43.4 Å². The Labute approximate surface area is 127 Å². The molecule has 1 rings (SSSR count). The number of rotatable bonds is 6. The molecule has 0 spiro atoms. The number of carbonyl (C=O) groups is 1. The Kier molecular flexibility index (Phi) is 6.07. The van der Waals surface area contributed by atoms with Gasteiger partial charge in [-0.15, -0.1) is 11.6 Å². The zero-order valence-electron chi connectivity index (χ0n) is 13.1. The second-order valence-electron chi connectivity index (χ2n) is 6.34. The van der Waals surface area contributed by atoms with Gasteiger partial charge in [0.25, 0.3) is 0 Å². The molecular weight excluding hydrogens is 272 g/mol. The first-order valence-electron chi connectivity index (χ1n) is 7.16. The molecule has 0 heterocycles. The Morgan fingerprint density at radius 3 is 2.45 bits per heavy atom. The summed E-state index contributed by atoms with van der Waals surface area (Å²) in [6.07, 6.45) is 1.21. The van der Waals surface area contributed by atoms with Gasteiger partial charge in [-0.1, -0.05) is 26.8 Å². The number of benzene rings is 1. The van der Waals surface area contributed by atoms with Crippen LogP contribution in [0.2, 0.25) is 0 Å². The minimum absolute atomic E-state index is 0.0118. The summed E-state index contributed by atoms with van der Waals surface area (Å²) in [7, 11) is 0. The van der Waals surface area contributed by atoms with Crippen LogP contribution < -0.4 is 4.74 Å². The van der Waals surface area contributed by atoms with Crippen molar-refractivity contribution in [2.45, 2.75) is 59.0 Å². The second-order valence-corrected chi connectivity index (χ2v) is 6.72. The average molecular weight is 297 g/mol. The SMILES string of the molecule is CC(C)Oc1ccc(C(C)(C)C)cc1C(=O)CCCCl. The van der Waals surface area contributed by atoms with Crippen LogP contribution in [0.25, 0.3) is 0 Å². The van der Waals surface area contributed by atoms with E-state index in [4.69, 9.17) is 16.3 Å². The third kappa shape index (κ3) is 4.82. The maximum atomic E-state index is 12.3. The lowest BCUT2D eigenvalue weighted by molar-refractivity contribution is 0.0976. The maximum Gasteiger partial charge on any atom is 0.166 e. The first-order chi connectivity index (χ1) is 9.25. The number of hydrogen-bond acceptors (Lipinski definition) is 2. The normalized spacial score (nSPS) is 11.8. The topological polar surface area (TPSA) is 26.3 Å². The van der Waals surface area contributed by atoms with Crippen molar-refractivity contribution >= 4 is 17.4 Å². The summed E-state index contributed by atoms with van der Waals surface area (Å²) in [5.41, 5.74) is 1.83. The van der Waals surface area contributed by atoms with Gasteiger partial charge in [0, 0.05) is 12.3 Å². The first-order valence-corrected chi connectivity index (χ1v) is 7.69. The van der Waals surface area contributed by atoms with Crippen LogP contribution in [0.1, 0.15) is 63.4 Å². The van der Waals surface area contributed by atoms with Crippen LogP contribution in [-0.2, 0) is 5.41 Å². The lowest BCUT2D eigenvalue weighted by atomic mass is 9.85. The fraction of sp³-hybridized carbons (Fsp3) is 0.588. The summed E-state index contributed by atoms with van der Waals surface area (Å²) in [4.78, 5) is 12.3. The van der Waals surface area contributed by atoms with E-state index >= 15 is 0 Å². The Morgan fingerprint density at radius 2 is 1.95 bits per heavy atom. The maximum absolute atomic E-state index is 12.3. The monoisotopic (exact) mass is 296 g/mol. The summed E-state index contributed by atoms with van der Waals surface area (Å²) in [6.45, 7) is 10.3. The number of hydrogen-bond donors (Lipinski definition) is 0. The molecule has 1 aromatic rings. The Morgan fingerprint density at radius 1 is 1.30 bits per heavy atom. The van der Waals surface area contributed by atoms with Crippen LogP contribution in [0.15, 0.2) is 18.2 Å². The van der Waals surface area contributed by atoms with Gasteiger partial charge in [0.05, 0.1) is 11.7 Å². The van der Waals surface area contributed by atoms with Gasteiger partial charge in [-0.2, -0.15) is 0 Å². The highest BCUT2D eigenvalue weighted by Crippen LogP contribution is 2.29. The van der Waals surface area contributed by atoms with Gasteiger partial charge in [0.15, 0.2) is 5.78 Å². The zero-order valence-corrected chi connectivity index (χ0v) is 13.9. The highest BCUT2D eigenvalue weighted by atomic mass is 35.5. The van der Waals surface area contributed by atoms with Crippen LogP contribution in [0.3, 0.4) is 0 Å². The third-order valence-electron chi connectivity index (χ3n) is 3.05. The number of ketones is 1. The summed E-state index contributed by atoms with van der Waals surface area (Å²) < 4.78 is 5.76. The standard InChI is InChI=1S/C17H25ClO2/c1-12(2)20-16-9-8-13(17(3,4)5)11-14(16)15(19)7-6-10-18/h8-9,11-12H,6-7,10H2,1-5H3. The molecule has 0 N–H and O–H groups in total. The van der Waals surface area contributed by atoms with Gasteiger partial charge in [0.1, 0.15) is 5.75 Å². The fourth-order valence-corrected chi connectivity index (χ4v) is 2.07. The van der Waals surface area contributed by atoms with E-state index in [9.17, 15) is 4.79 Å². The lowest BCUT2D eigenvalue weighted by Crippen LogP contribution is -2.15. The molecule has 0 unspecified atom stereocenters. The van der Waals surface area contributed by atoms with Crippen molar-refractivity contribution in [1.29, 1.82) is 0 Å². The number of halogens is 1. The smallest absolute Gasteiger partial charge is 0.166 e. The van der Waals surface area contributed by atoms with Gasteiger partial charge in [-0.3, -0.25) is 4.79 Å². The van der Waals surface area contributed by atoms with Crippen LogP contribution in [0.5, 0.6) is 5.75 Å². The molecule has 0 saturated carbocycles. The molecule has 0 aromatic heterocycles. The second kappa shape index (κ2) is 7.12. The molecule has 112 valence electrons. The molecule has 0 aliphatic carbocycles. The highest BCUT2D eigenvalue weighted by Gasteiger charge is 2.19. The molecule has 0 amide bonds. The Bertz CT molecular complexity index is 459. The van der Waals surface area contributed by atoms with E-state index in [0.29, 0.717) is 30.0 Å². The van der Waals surface area contributed by atoms with E-state index < -0.39 is 0 Å². The van der Waals surface area contributed by atoms with Gasteiger partial charge in [-0.25, -0.2) is 0 Å². The molecule has 0 bridgehead atoms. The number of Topliss-reactive ketones (excluding diaryl/α,β-unsaturated/α-hetero) is 1. The molecule has 0 saturated heterocycles. The van der Waals surface area contributed by atoms with Crippen LogP contribution in [0, 0.1) is 0 Å². The van der Waals surface area contributed by atoms with E-state index in [1.165, 1.54) is 0 Å². The van der Waals surface area contributed by atoms with Crippen LogP contribution >= 0.6 is 11.6 Å². The van der Waals surface area contributed by atoms with Crippen molar-refractivity contribution < 1.29 is 9.53 Å². The van der Waals surface area contributed by atoms with Gasteiger partial charge < -0.3 is 4.74 Å². The van der Waals surface area contributed by atoms with Crippen molar-refractivity contribution in [3.8, 4) is 5.75 Å². The number of carbonyl (C=O) groups excluding carboxylic acids is 1. The molecule has 3 heteroatoms. The van der Waals surface area contributed by atoms with Crippen molar-refractivity contribution in [3.05, 3.63) is 29.3 Å². The molecule has 2 nitrogen and oxygen atoms in total. The lowest BCUT2D eigenvalue weighted by Gasteiger charge is -2.22. The minimum Gasteiger partial charge on any atom is -0.490 e. The zero-order chi connectivity index (χ0) is 15.3. The minimum atomic E-state index is 0.0118. The van der Waals surface area contributed by atoms with Crippen molar-refractivity contribution in [1.82, 2.24) is 0 Å². The van der Waals surface area contributed by atoms with E-state index in [-0.39, 0.29) is 17.3 Å². The molecule has 0 aliphatic heterocycles. The summed E-state index contributed by atoms with van der Waals surface area (Å²) >= 11 is 5.68. The van der Waals surface area contributed by atoms with Gasteiger partial charge >= 0.3 is 0 Å². The molecular formula is C17H25ClO2. The molecule has 1 aromatic carbocycles. The molecule has 0 aliphatic rings. The summed E-state index contributed by atoms with van der Waals surface area (Å²) in [5, 5.41) is 0. The molecule has 0 fully saturated rings. The molecule has 0 radical (unpaired) electrons. The van der Waals surface area contributed by atoms with Crippen LogP contribution in [0.4, 0.5) is 0 Å². The molecule has 0 atom stereocenters. The van der Waals surface area contributed by atoms with E-state index in [1.54, 1.807) is 0 Å². The predicted molar refractivity (Wildman–Crippen MR) is 85.2 cm³/mol. The third-order valence-corrected chi connectivity index (χ3v) is 3.31. The predicted octanol–water partition coefficient (Wildman–Crippen LogP) is 4.97. The van der Waals surface area contributed by atoms with Crippen LogP contribution in [-0.4, -0.2) is 17.8 Å². The van der Waals surface area contributed by atoms with Crippen molar-refractivity contribution in [2.75, 3.05) is 5.88 Å².